The summed E-state index contributed by atoms with van der Waals surface area (Å²) >= 11 is 5.82. The first-order chi connectivity index (χ1) is 8.56. The number of nitrogens with one attached hydrogen (secondary N) is 1. The number of benzene rings is 1. The topological polar surface area (TPSA) is 58.6 Å². The smallest absolute Gasteiger partial charge is 0.261 e. The van der Waals surface area contributed by atoms with Crippen LogP contribution in [0.2, 0.25) is 5.02 Å². The lowest BCUT2D eigenvalue weighted by Crippen LogP contribution is -2.43. The van der Waals surface area contributed by atoms with Crippen LogP contribution in [-0.4, -0.2) is 29.8 Å². The largest absolute Gasteiger partial charge is 0.481 e. The highest BCUT2D eigenvalue weighted by atomic mass is 35.5. The maximum atomic E-state index is 11.8. The third-order valence-electron chi connectivity index (χ3n) is 2.54. The summed E-state index contributed by atoms with van der Waals surface area (Å²) in [4.78, 5) is 11.8. The molecule has 2 unspecified atom stereocenters. The van der Waals surface area contributed by atoms with Crippen molar-refractivity contribution >= 4 is 17.5 Å². The summed E-state index contributed by atoms with van der Waals surface area (Å²) in [5, 5.41) is 12.3. The van der Waals surface area contributed by atoms with Gasteiger partial charge in [0.05, 0.1) is 12.6 Å². The van der Waals surface area contributed by atoms with Gasteiger partial charge in [0.1, 0.15) is 5.75 Å². The Morgan fingerprint density at radius 3 is 2.83 bits per heavy atom. The summed E-state index contributed by atoms with van der Waals surface area (Å²) in [6.07, 6.45) is 0.0376. The number of carbonyl (C=O) groups excluding carboxylic acids is 1. The first kappa shape index (κ1) is 14.8. The molecule has 18 heavy (non-hydrogen) atoms. The Hall–Kier alpha value is -1.26. The van der Waals surface area contributed by atoms with E-state index in [-0.39, 0.29) is 18.6 Å². The predicted molar refractivity (Wildman–Crippen MR) is 70.8 cm³/mol. The fourth-order valence-corrected chi connectivity index (χ4v) is 1.57. The Morgan fingerprint density at radius 1 is 1.56 bits per heavy atom. The lowest BCUT2D eigenvalue weighted by molar-refractivity contribution is -0.128. The van der Waals surface area contributed by atoms with Gasteiger partial charge in [-0.1, -0.05) is 24.6 Å². The zero-order valence-electron chi connectivity index (χ0n) is 10.5. The molecule has 5 heteroatoms. The molecule has 100 valence electrons. The van der Waals surface area contributed by atoms with Crippen LogP contribution in [0.15, 0.2) is 24.3 Å². The predicted octanol–water partition coefficient (Wildman–Crippen LogP) is 1.99. The van der Waals surface area contributed by atoms with Gasteiger partial charge in [0.25, 0.3) is 5.91 Å². The van der Waals surface area contributed by atoms with E-state index >= 15 is 0 Å². The molecule has 0 heterocycles. The number of aliphatic hydroxyl groups is 1. The third-order valence-corrected chi connectivity index (χ3v) is 2.77. The van der Waals surface area contributed by atoms with Crippen LogP contribution in [0.4, 0.5) is 0 Å². The van der Waals surface area contributed by atoms with Crippen molar-refractivity contribution in [3.05, 3.63) is 29.3 Å². The minimum atomic E-state index is -0.635. The molecule has 1 rings (SSSR count). The normalized spacial score (nSPS) is 13.8. The summed E-state index contributed by atoms with van der Waals surface area (Å²) in [6, 6.07) is 6.64. The maximum absolute atomic E-state index is 11.8. The quantitative estimate of drug-likeness (QED) is 0.832. The number of ether oxygens (including phenoxy) is 1. The van der Waals surface area contributed by atoms with Crippen LogP contribution in [0, 0.1) is 0 Å². The Bertz CT molecular complexity index is 394. The molecule has 2 atom stereocenters. The van der Waals surface area contributed by atoms with Crippen LogP contribution in [0.1, 0.15) is 20.3 Å². The minimum Gasteiger partial charge on any atom is -0.481 e. The molecule has 1 aromatic carbocycles. The summed E-state index contributed by atoms with van der Waals surface area (Å²) in [6.45, 7) is 3.47. The van der Waals surface area contributed by atoms with E-state index in [1.54, 1.807) is 31.2 Å². The van der Waals surface area contributed by atoms with Gasteiger partial charge in [-0.25, -0.2) is 0 Å². The number of halogens is 1. The van der Waals surface area contributed by atoms with E-state index in [1.165, 1.54) is 0 Å². The molecule has 0 radical (unpaired) electrons. The summed E-state index contributed by atoms with van der Waals surface area (Å²) < 4.78 is 5.47. The molecule has 0 aromatic heterocycles. The van der Waals surface area contributed by atoms with E-state index in [4.69, 9.17) is 21.4 Å². The minimum absolute atomic E-state index is 0.0773. The Labute approximate surface area is 112 Å². The molecule has 0 saturated heterocycles. The van der Waals surface area contributed by atoms with Crippen LogP contribution in [0.25, 0.3) is 0 Å². The standard InChI is InChI=1S/C13H18ClNO3/c1-3-11(8-16)15-13(17)9(2)18-12-6-4-5-10(14)7-12/h4-7,9,11,16H,3,8H2,1-2H3,(H,15,17). The Balaban J connectivity index is 2.54. The lowest BCUT2D eigenvalue weighted by Gasteiger charge is -2.19. The van der Waals surface area contributed by atoms with Crippen LogP contribution in [0.3, 0.4) is 0 Å². The number of aliphatic hydroxyl groups excluding tert-OH is 1. The summed E-state index contributed by atoms with van der Waals surface area (Å²) in [5.74, 6) is 0.290. The second kappa shape index (κ2) is 7.24. The fourth-order valence-electron chi connectivity index (χ4n) is 1.39. The van der Waals surface area contributed by atoms with Crippen molar-refractivity contribution in [2.45, 2.75) is 32.4 Å². The van der Waals surface area contributed by atoms with E-state index in [2.05, 4.69) is 5.32 Å². The summed E-state index contributed by atoms with van der Waals surface area (Å²) in [7, 11) is 0. The molecule has 2 N–H and O–H groups in total. The van der Waals surface area contributed by atoms with Crippen LogP contribution < -0.4 is 10.1 Å². The van der Waals surface area contributed by atoms with E-state index < -0.39 is 6.10 Å². The first-order valence-corrected chi connectivity index (χ1v) is 6.28. The molecule has 0 aliphatic carbocycles. The monoisotopic (exact) mass is 271 g/mol. The molecule has 0 fully saturated rings. The average Bonchev–Trinajstić information content (AvgIpc) is 2.35. The summed E-state index contributed by atoms with van der Waals surface area (Å²) in [5.41, 5.74) is 0. The molecular weight excluding hydrogens is 254 g/mol. The molecule has 0 spiro atoms. The van der Waals surface area contributed by atoms with Crippen molar-refractivity contribution in [1.82, 2.24) is 5.32 Å². The van der Waals surface area contributed by atoms with Crippen molar-refractivity contribution in [3.8, 4) is 5.75 Å². The van der Waals surface area contributed by atoms with Gasteiger partial charge in [-0.3, -0.25) is 4.79 Å². The molecule has 1 aromatic rings. The maximum Gasteiger partial charge on any atom is 0.261 e. The van der Waals surface area contributed by atoms with Crippen molar-refractivity contribution in [1.29, 1.82) is 0 Å². The van der Waals surface area contributed by atoms with Crippen LogP contribution >= 0.6 is 11.6 Å². The van der Waals surface area contributed by atoms with Crippen molar-refractivity contribution in [3.63, 3.8) is 0 Å². The molecule has 0 aliphatic rings. The zero-order valence-corrected chi connectivity index (χ0v) is 11.3. The Kier molecular flexibility index (Phi) is 5.95. The number of hydrogen-bond acceptors (Lipinski definition) is 3. The van der Waals surface area contributed by atoms with Crippen molar-refractivity contribution in [2.75, 3.05) is 6.61 Å². The Morgan fingerprint density at radius 2 is 2.28 bits per heavy atom. The van der Waals surface area contributed by atoms with Gasteiger partial charge in [0.2, 0.25) is 0 Å². The molecule has 0 aliphatic heterocycles. The van der Waals surface area contributed by atoms with Gasteiger partial charge in [-0.15, -0.1) is 0 Å². The molecule has 0 bridgehead atoms. The second-order valence-electron chi connectivity index (χ2n) is 4.01. The molecule has 1 amide bonds. The fraction of sp³-hybridized carbons (Fsp3) is 0.462. The second-order valence-corrected chi connectivity index (χ2v) is 4.45. The SMILES string of the molecule is CCC(CO)NC(=O)C(C)Oc1cccc(Cl)c1. The average molecular weight is 272 g/mol. The lowest BCUT2D eigenvalue weighted by atomic mass is 10.2. The zero-order chi connectivity index (χ0) is 13.5. The van der Waals surface area contributed by atoms with Gasteiger partial charge in [0.15, 0.2) is 6.10 Å². The third kappa shape index (κ3) is 4.55. The van der Waals surface area contributed by atoms with E-state index in [0.29, 0.717) is 17.2 Å². The molecular formula is C13H18ClNO3. The number of rotatable bonds is 6. The van der Waals surface area contributed by atoms with Crippen LogP contribution in [-0.2, 0) is 4.79 Å². The molecule has 0 saturated carbocycles. The highest BCUT2D eigenvalue weighted by molar-refractivity contribution is 6.30. The van der Waals surface area contributed by atoms with Crippen LogP contribution in [0.5, 0.6) is 5.75 Å². The number of carbonyl (C=O) groups is 1. The van der Waals surface area contributed by atoms with Gasteiger partial charge in [-0.2, -0.15) is 0 Å². The molecule has 4 nitrogen and oxygen atoms in total. The van der Waals surface area contributed by atoms with E-state index in [0.717, 1.165) is 0 Å². The first-order valence-electron chi connectivity index (χ1n) is 5.90. The van der Waals surface area contributed by atoms with E-state index in [1.807, 2.05) is 6.92 Å². The van der Waals surface area contributed by atoms with Crippen molar-refractivity contribution in [2.24, 2.45) is 0 Å². The van der Waals surface area contributed by atoms with Crippen molar-refractivity contribution < 1.29 is 14.6 Å². The highest BCUT2D eigenvalue weighted by Gasteiger charge is 2.17. The highest BCUT2D eigenvalue weighted by Crippen LogP contribution is 2.18. The number of amides is 1. The number of hydrogen-bond donors (Lipinski definition) is 2. The van der Waals surface area contributed by atoms with Gasteiger partial charge < -0.3 is 15.2 Å². The van der Waals surface area contributed by atoms with Gasteiger partial charge in [-0.05, 0) is 31.5 Å². The van der Waals surface area contributed by atoms with E-state index in [9.17, 15) is 4.79 Å². The van der Waals surface area contributed by atoms with Gasteiger partial charge >= 0.3 is 0 Å². The van der Waals surface area contributed by atoms with Gasteiger partial charge in [0, 0.05) is 5.02 Å².